The topological polar surface area (TPSA) is 0 Å². The molecule has 2 aromatic carbocycles. The minimum atomic E-state index is 0.389. The van der Waals surface area contributed by atoms with Gasteiger partial charge in [-0.15, -0.1) is 0 Å². The second-order valence-electron chi connectivity index (χ2n) is 4.66. The van der Waals surface area contributed by atoms with Crippen LogP contribution in [0.3, 0.4) is 0 Å². The van der Waals surface area contributed by atoms with Crippen molar-refractivity contribution in [2.45, 2.75) is 0 Å². The summed E-state index contributed by atoms with van der Waals surface area (Å²) in [6.45, 7) is 0. The first-order chi connectivity index (χ1) is 10.4. The second-order valence-corrected chi connectivity index (χ2v) is 10.6. The molecule has 3 heteroatoms. The van der Waals surface area contributed by atoms with Crippen LogP contribution in [-0.2, 0) is 0 Å². The van der Waals surface area contributed by atoms with Crippen molar-refractivity contribution in [1.82, 2.24) is 0 Å². The molecule has 0 radical (unpaired) electrons. The molecule has 102 valence electrons. The first kappa shape index (κ1) is 13.6. The predicted molar refractivity (Wildman–Crippen MR) is 95.7 cm³/mol. The molecule has 21 heavy (non-hydrogen) atoms. The average molecular weight is 418 g/mol. The van der Waals surface area contributed by atoms with E-state index in [9.17, 15) is 0 Å². The van der Waals surface area contributed by atoms with Gasteiger partial charge in [0.1, 0.15) is 0 Å². The summed E-state index contributed by atoms with van der Waals surface area (Å²) < 4.78 is 6.24. The van der Waals surface area contributed by atoms with Crippen molar-refractivity contribution in [3.05, 3.63) is 72.1 Å². The number of hydrogen-bond donors (Lipinski definition) is 0. The zero-order valence-corrected chi connectivity index (χ0v) is 15.4. The van der Waals surface area contributed by atoms with E-state index in [4.69, 9.17) is 0 Å². The van der Waals surface area contributed by atoms with Crippen molar-refractivity contribution in [2.75, 3.05) is 0 Å². The van der Waals surface area contributed by atoms with Crippen molar-refractivity contribution >= 4 is 58.7 Å². The summed E-state index contributed by atoms with van der Waals surface area (Å²) >= 11 is 2.78. The van der Waals surface area contributed by atoms with Gasteiger partial charge in [-0.2, -0.15) is 0 Å². The number of benzene rings is 2. The Hall–Kier alpha value is -1.08. The van der Waals surface area contributed by atoms with Gasteiger partial charge in [0.25, 0.3) is 0 Å². The Morgan fingerprint density at radius 2 is 1.52 bits per heavy atom. The Bertz CT molecular complexity index is 860. The molecule has 2 heterocycles. The summed E-state index contributed by atoms with van der Waals surface area (Å²) in [6, 6.07) is 24.1. The van der Waals surface area contributed by atoms with Crippen molar-refractivity contribution in [2.24, 2.45) is 0 Å². The van der Waals surface area contributed by atoms with Gasteiger partial charge < -0.3 is 0 Å². The predicted octanol–water partition coefficient (Wildman–Crippen LogP) is 3.28. The third-order valence-electron chi connectivity index (χ3n) is 3.27. The van der Waals surface area contributed by atoms with Crippen LogP contribution in [0, 0.1) is 0 Å². The van der Waals surface area contributed by atoms with E-state index < -0.39 is 0 Å². The number of hydrogen-bond acceptors (Lipinski definition) is 1. The van der Waals surface area contributed by atoms with Crippen LogP contribution in [0.25, 0.3) is 19.0 Å². The number of fused-ring (bicyclic) bond motifs is 1. The van der Waals surface area contributed by atoms with E-state index >= 15 is 0 Å². The van der Waals surface area contributed by atoms with Crippen LogP contribution in [0.1, 0.15) is 0 Å². The first-order valence-electron chi connectivity index (χ1n) is 6.70. The fraction of sp³-hybridized carbons (Fsp3) is 0. The quantitative estimate of drug-likeness (QED) is 0.448. The molecule has 0 saturated carbocycles. The molecule has 0 bridgehead atoms. The summed E-state index contributed by atoms with van der Waals surface area (Å²) in [5.41, 5.74) is 1.41. The molecule has 0 nitrogen and oxygen atoms in total. The Kier molecular flexibility index (Phi) is 3.85. The summed E-state index contributed by atoms with van der Waals surface area (Å²) in [7, 11) is 0. The maximum atomic E-state index is 2.32. The van der Waals surface area contributed by atoms with Crippen LogP contribution in [-0.4, -0.2) is 29.5 Å². The third-order valence-corrected chi connectivity index (χ3v) is 10.3. The van der Waals surface area contributed by atoms with Gasteiger partial charge in [0.05, 0.1) is 0 Å². The normalized spacial score (nSPS) is 11.0. The van der Waals surface area contributed by atoms with E-state index in [-0.39, 0.29) is 0 Å². The van der Waals surface area contributed by atoms with E-state index in [1.165, 1.54) is 15.4 Å². The van der Waals surface area contributed by atoms with E-state index in [1.54, 1.807) is 12.5 Å². The SMILES string of the molecule is c1ccc([Se]c2c(-c3ccccc3)[se]c3sccc23)cc1. The first-order valence-corrected chi connectivity index (χ1v) is 11.0. The third kappa shape index (κ3) is 2.68. The van der Waals surface area contributed by atoms with Crippen molar-refractivity contribution in [1.29, 1.82) is 0 Å². The van der Waals surface area contributed by atoms with Crippen LogP contribution in [0.4, 0.5) is 0 Å². The molecular formula is C18H12SSe2. The van der Waals surface area contributed by atoms with Crippen LogP contribution in [0.15, 0.2) is 72.1 Å². The van der Waals surface area contributed by atoms with Gasteiger partial charge >= 0.3 is 141 Å². The van der Waals surface area contributed by atoms with Gasteiger partial charge in [-0.25, -0.2) is 0 Å². The molecule has 0 aliphatic carbocycles. The average Bonchev–Trinajstić information content (AvgIpc) is 3.12. The van der Waals surface area contributed by atoms with Gasteiger partial charge in [0, 0.05) is 0 Å². The monoisotopic (exact) mass is 420 g/mol. The van der Waals surface area contributed by atoms with E-state index in [0.29, 0.717) is 29.5 Å². The summed E-state index contributed by atoms with van der Waals surface area (Å²) in [4.78, 5) is 0. The zero-order chi connectivity index (χ0) is 14.1. The standard InChI is InChI=1S/C18H12SSe2/c1-3-7-13(8-4-1)16-17(15-11-12-19-18(15)21-16)20-14-9-5-2-6-10-14/h1-12H. The van der Waals surface area contributed by atoms with Gasteiger partial charge in [-0.1, -0.05) is 0 Å². The molecule has 0 aliphatic heterocycles. The van der Waals surface area contributed by atoms with Crippen molar-refractivity contribution < 1.29 is 0 Å². The van der Waals surface area contributed by atoms with Crippen LogP contribution < -0.4 is 8.92 Å². The van der Waals surface area contributed by atoms with Gasteiger partial charge in [-0.05, 0) is 0 Å². The molecule has 0 saturated heterocycles. The fourth-order valence-corrected chi connectivity index (χ4v) is 9.51. The molecule has 0 spiro atoms. The summed E-state index contributed by atoms with van der Waals surface area (Å²) in [5, 5.41) is 3.76. The summed E-state index contributed by atoms with van der Waals surface area (Å²) in [5.74, 6) is 0. The number of thiophene rings is 1. The molecule has 0 unspecified atom stereocenters. The van der Waals surface area contributed by atoms with E-state index in [0.717, 1.165) is 0 Å². The maximum absolute atomic E-state index is 2.32. The van der Waals surface area contributed by atoms with E-state index in [1.807, 2.05) is 11.3 Å². The molecular weight excluding hydrogens is 406 g/mol. The van der Waals surface area contributed by atoms with Gasteiger partial charge in [-0.3, -0.25) is 0 Å². The van der Waals surface area contributed by atoms with Gasteiger partial charge in [0.15, 0.2) is 0 Å². The Labute approximate surface area is 140 Å². The van der Waals surface area contributed by atoms with Gasteiger partial charge in [0.2, 0.25) is 0 Å². The molecule has 0 amide bonds. The zero-order valence-electron chi connectivity index (χ0n) is 11.2. The Morgan fingerprint density at radius 1 is 0.810 bits per heavy atom. The molecule has 0 fully saturated rings. The van der Waals surface area contributed by atoms with Crippen LogP contribution in [0.2, 0.25) is 0 Å². The van der Waals surface area contributed by atoms with Crippen LogP contribution in [0.5, 0.6) is 0 Å². The minimum absolute atomic E-state index is 0.389. The molecule has 0 atom stereocenters. The Morgan fingerprint density at radius 3 is 2.29 bits per heavy atom. The summed E-state index contributed by atoms with van der Waals surface area (Å²) in [6.07, 6.45) is 0. The fourth-order valence-electron chi connectivity index (χ4n) is 2.29. The van der Waals surface area contributed by atoms with E-state index in [2.05, 4.69) is 72.1 Å². The molecule has 0 aliphatic rings. The Balaban J connectivity index is 1.87. The van der Waals surface area contributed by atoms with Crippen molar-refractivity contribution in [3.63, 3.8) is 0 Å². The molecule has 4 rings (SSSR count). The van der Waals surface area contributed by atoms with Crippen molar-refractivity contribution in [3.8, 4) is 10.0 Å². The molecule has 4 aromatic rings. The van der Waals surface area contributed by atoms with Crippen LogP contribution >= 0.6 is 11.3 Å². The molecule has 0 N–H and O–H groups in total. The molecule has 2 aromatic heterocycles. The second kappa shape index (κ2) is 5.96. The number of rotatable bonds is 3.